The number of phosphoric acid groups is 1. The van der Waals surface area contributed by atoms with Crippen molar-refractivity contribution in [2.75, 3.05) is 19.8 Å². The van der Waals surface area contributed by atoms with E-state index in [1.807, 2.05) is 0 Å². The molecule has 0 amide bonds. The number of esters is 2. The average Bonchev–Trinajstić information content (AvgIpc) is 3.16. The highest BCUT2D eigenvalue weighted by molar-refractivity contribution is 7.47. The van der Waals surface area contributed by atoms with Crippen molar-refractivity contribution >= 4 is 19.8 Å². The average molecular weight is 801 g/mol. The first-order chi connectivity index (χ1) is 26.8. The van der Waals surface area contributed by atoms with Crippen LogP contribution in [0.2, 0.25) is 0 Å². The molecule has 0 bridgehead atoms. The van der Waals surface area contributed by atoms with E-state index in [0.29, 0.717) is 12.8 Å². The predicted molar refractivity (Wildman–Crippen MR) is 230 cm³/mol. The van der Waals surface area contributed by atoms with Crippen LogP contribution in [0.1, 0.15) is 245 Å². The highest BCUT2D eigenvalue weighted by atomic mass is 31.2. The number of carbonyl (C=O) groups excluding carboxylic acids is 2. The van der Waals surface area contributed by atoms with Crippen molar-refractivity contribution in [2.45, 2.75) is 252 Å². The van der Waals surface area contributed by atoms with Crippen molar-refractivity contribution in [3.05, 3.63) is 12.2 Å². The molecule has 2 unspecified atom stereocenters. The van der Waals surface area contributed by atoms with Crippen molar-refractivity contribution in [2.24, 2.45) is 0 Å². The largest absolute Gasteiger partial charge is 0.472 e. The fourth-order valence-electron chi connectivity index (χ4n) is 6.86. The smallest absolute Gasteiger partial charge is 0.462 e. The molecule has 0 aromatic heterocycles. The number of phosphoric ester groups is 1. The molecule has 0 saturated carbocycles. The summed E-state index contributed by atoms with van der Waals surface area (Å²) in [4.78, 5) is 34.8. The van der Waals surface area contributed by atoms with Crippen LogP contribution in [0.4, 0.5) is 0 Å². The fraction of sp³-hybridized carbons (Fsp3) is 0.913. The van der Waals surface area contributed by atoms with Crippen LogP contribution in [0, 0.1) is 0 Å². The van der Waals surface area contributed by atoms with Gasteiger partial charge in [0.2, 0.25) is 0 Å². The summed E-state index contributed by atoms with van der Waals surface area (Å²) in [6, 6.07) is 0. The lowest BCUT2D eigenvalue weighted by atomic mass is 10.0. The second-order valence-corrected chi connectivity index (χ2v) is 17.2. The van der Waals surface area contributed by atoms with E-state index >= 15 is 0 Å². The summed E-state index contributed by atoms with van der Waals surface area (Å²) in [5.74, 6) is -0.794. The van der Waals surface area contributed by atoms with Crippen molar-refractivity contribution in [1.29, 1.82) is 0 Å². The van der Waals surface area contributed by atoms with Crippen LogP contribution in [0.3, 0.4) is 0 Å². The molecular formula is C46H89O8P. The van der Waals surface area contributed by atoms with E-state index in [0.717, 1.165) is 51.4 Å². The van der Waals surface area contributed by atoms with Crippen LogP contribution in [0.25, 0.3) is 0 Å². The summed E-state index contributed by atoms with van der Waals surface area (Å²) in [5, 5.41) is 0. The monoisotopic (exact) mass is 801 g/mol. The summed E-state index contributed by atoms with van der Waals surface area (Å²) in [5.41, 5.74) is 0. The minimum Gasteiger partial charge on any atom is -0.462 e. The Hall–Kier alpha value is -1.21. The Labute approximate surface area is 340 Å². The lowest BCUT2D eigenvalue weighted by molar-refractivity contribution is -0.161. The van der Waals surface area contributed by atoms with Gasteiger partial charge in [-0.1, -0.05) is 199 Å². The van der Waals surface area contributed by atoms with Crippen LogP contribution < -0.4 is 0 Å². The molecule has 0 radical (unpaired) electrons. The Bertz CT molecular complexity index is 910. The van der Waals surface area contributed by atoms with E-state index in [1.165, 1.54) is 154 Å². The summed E-state index contributed by atoms with van der Waals surface area (Å²) < 4.78 is 32.7. The number of unbranched alkanes of at least 4 members (excludes halogenated alkanes) is 30. The van der Waals surface area contributed by atoms with Crippen LogP contribution >= 0.6 is 7.82 Å². The molecule has 0 aromatic rings. The third-order valence-electron chi connectivity index (χ3n) is 10.3. The molecule has 0 fully saturated rings. The standard InChI is InChI=1S/C46H89O8P/c1-4-7-9-11-13-15-17-19-20-21-22-23-24-25-26-27-29-30-32-34-36-38-40-45(47)51-42-44(43-53-55(49,50)52-6-3)54-46(48)41-39-37-35-33-31-28-18-16-14-12-10-8-5-2/h16,18,44H,4-15,17,19-43H2,1-3H3,(H,49,50)/b18-16-. The van der Waals surface area contributed by atoms with E-state index in [4.69, 9.17) is 18.5 Å². The molecule has 0 spiro atoms. The van der Waals surface area contributed by atoms with Gasteiger partial charge < -0.3 is 14.4 Å². The summed E-state index contributed by atoms with van der Waals surface area (Å²) in [6.45, 7) is 5.49. The quantitative estimate of drug-likeness (QED) is 0.0281. The van der Waals surface area contributed by atoms with E-state index in [2.05, 4.69) is 26.0 Å². The lowest BCUT2D eigenvalue weighted by Crippen LogP contribution is -2.29. The Morgan fingerprint density at radius 2 is 0.818 bits per heavy atom. The van der Waals surface area contributed by atoms with Gasteiger partial charge in [0.1, 0.15) is 6.61 Å². The molecule has 0 aromatic carbocycles. The third kappa shape index (κ3) is 42.2. The fourth-order valence-corrected chi connectivity index (χ4v) is 7.62. The Morgan fingerprint density at radius 3 is 1.22 bits per heavy atom. The summed E-state index contributed by atoms with van der Waals surface area (Å²) in [7, 11) is -4.28. The van der Waals surface area contributed by atoms with E-state index in [1.54, 1.807) is 6.92 Å². The van der Waals surface area contributed by atoms with Gasteiger partial charge in [0.25, 0.3) is 0 Å². The molecule has 2 atom stereocenters. The minimum absolute atomic E-state index is 0.00207. The molecule has 0 rings (SSSR count). The summed E-state index contributed by atoms with van der Waals surface area (Å²) in [6.07, 6.45) is 45.6. The third-order valence-corrected chi connectivity index (χ3v) is 11.4. The van der Waals surface area contributed by atoms with Gasteiger partial charge in [-0.15, -0.1) is 0 Å². The van der Waals surface area contributed by atoms with Crippen LogP contribution in [-0.2, 0) is 32.7 Å². The summed E-state index contributed by atoms with van der Waals surface area (Å²) >= 11 is 0. The van der Waals surface area contributed by atoms with Gasteiger partial charge in [-0.3, -0.25) is 18.6 Å². The Morgan fingerprint density at radius 1 is 0.473 bits per heavy atom. The van der Waals surface area contributed by atoms with Gasteiger partial charge in [-0.2, -0.15) is 0 Å². The second kappa shape index (κ2) is 42.4. The molecule has 0 heterocycles. The maximum Gasteiger partial charge on any atom is 0.472 e. The first-order valence-electron chi connectivity index (χ1n) is 23.5. The van der Waals surface area contributed by atoms with Crippen LogP contribution in [0.5, 0.6) is 0 Å². The predicted octanol–water partition coefficient (Wildman–Crippen LogP) is 14.8. The highest BCUT2D eigenvalue weighted by Gasteiger charge is 2.25. The van der Waals surface area contributed by atoms with E-state index in [-0.39, 0.29) is 25.6 Å². The Kier molecular flexibility index (Phi) is 41.5. The number of carbonyl (C=O) groups is 2. The molecule has 1 N–H and O–H groups in total. The van der Waals surface area contributed by atoms with Crippen LogP contribution in [0.15, 0.2) is 12.2 Å². The van der Waals surface area contributed by atoms with Crippen molar-refractivity contribution in [3.63, 3.8) is 0 Å². The van der Waals surface area contributed by atoms with Crippen molar-refractivity contribution in [1.82, 2.24) is 0 Å². The molecule has 326 valence electrons. The number of hydrogen-bond acceptors (Lipinski definition) is 7. The topological polar surface area (TPSA) is 108 Å². The molecule has 0 aliphatic carbocycles. The van der Waals surface area contributed by atoms with Gasteiger partial charge in [0.15, 0.2) is 6.10 Å². The minimum atomic E-state index is -4.28. The zero-order chi connectivity index (χ0) is 40.3. The van der Waals surface area contributed by atoms with Crippen molar-refractivity contribution in [3.8, 4) is 0 Å². The SMILES string of the molecule is CCCCCC/C=C\CCCCCCCC(=O)OC(COC(=O)CCCCCCCCCCCCCCCCCCCCCCCC)COP(=O)(O)OCC. The normalized spacial score (nSPS) is 13.3. The lowest BCUT2D eigenvalue weighted by Gasteiger charge is -2.19. The van der Waals surface area contributed by atoms with Gasteiger partial charge in [-0.25, -0.2) is 4.57 Å². The molecule has 0 aliphatic rings. The molecule has 8 nitrogen and oxygen atoms in total. The molecule has 9 heteroatoms. The van der Waals surface area contributed by atoms with Crippen LogP contribution in [-0.4, -0.2) is 42.8 Å². The zero-order valence-electron chi connectivity index (χ0n) is 36.4. The maximum absolute atomic E-state index is 12.5. The highest BCUT2D eigenvalue weighted by Crippen LogP contribution is 2.43. The van der Waals surface area contributed by atoms with Crippen molar-refractivity contribution < 1.29 is 37.6 Å². The van der Waals surface area contributed by atoms with Gasteiger partial charge in [0, 0.05) is 12.8 Å². The number of allylic oxidation sites excluding steroid dienone is 2. The second-order valence-electron chi connectivity index (χ2n) is 15.8. The van der Waals surface area contributed by atoms with Gasteiger partial charge >= 0.3 is 19.8 Å². The number of hydrogen-bond donors (Lipinski definition) is 1. The van der Waals surface area contributed by atoms with E-state index in [9.17, 15) is 19.0 Å². The first-order valence-corrected chi connectivity index (χ1v) is 25.0. The molecule has 0 aliphatic heterocycles. The Balaban J connectivity index is 3.94. The number of rotatable bonds is 44. The number of ether oxygens (including phenoxy) is 2. The zero-order valence-corrected chi connectivity index (χ0v) is 37.2. The first kappa shape index (κ1) is 53.8. The molecule has 0 saturated heterocycles. The van der Waals surface area contributed by atoms with E-state index < -0.39 is 26.5 Å². The van der Waals surface area contributed by atoms with Gasteiger partial charge in [-0.05, 0) is 45.4 Å². The molecule has 55 heavy (non-hydrogen) atoms. The molecular weight excluding hydrogens is 711 g/mol. The maximum atomic E-state index is 12.5. The van der Waals surface area contributed by atoms with Gasteiger partial charge in [0.05, 0.1) is 13.2 Å².